The summed E-state index contributed by atoms with van der Waals surface area (Å²) in [5.74, 6) is 0.643. The number of carbonyl (C=O) groups excluding carboxylic acids is 1. The van der Waals surface area contributed by atoms with Crippen LogP contribution in [0.15, 0.2) is 65.6 Å². The van der Waals surface area contributed by atoms with E-state index in [4.69, 9.17) is 4.74 Å². The Morgan fingerprint density at radius 2 is 1.69 bits per heavy atom. The maximum atomic E-state index is 13.4. The van der Waals surface area contributed by atoms with Gasteiger partial charge in [-0.05, 0) is 49.0 Å². The zero-order valence-electron chi connectivity index (χ0n) is 18.7. The first kappa shape index (κ1) is 21.4. The van der Waals surface area contributed by atoms with Crippen molar-refractivity contribution in [1.82, 2.24) is 10.2 Å². The largest absolute Gasteiger partial charge is 0.495 e. The van der Waals surface area contributed by atoms with Crippen molar-refractivity contribution < 1.29 is 9.53 Å². The minimum Gasteiger partial charge on any atom is -0.495 e. The maximum Gasteiger partial charge on any atom is 0.255 e. The van der Waals surface area contributed by atoms with Crippen molar-refractivity contribution in [3.05, 3.63) is 71.8 Å². The smallest absolute Gasteiger partial charge is 0.255 e. The molecule has 4 nitrogen and oxygen atoms in total. The predicted molar refractivity (Wildman–Crippen MR) is 132 cm³/mol. The second-order valence-corrected chi connectivity index (χ2v) is 9.74. The number of rotatable bonds is 6. The van der Waals surface area contributed by atoms with E-state index in [1.54, 1.807) is 18.9 Å². The molecule has 166 valence electrons. The van der Waals surface area contributed by atoms with Crippen LogP contribution < -0.4 is 10.1 Å². The molecule has 0 spiro atoms. The molecule has 5 rings (SSSR count). The maximum absolute atomic E-state index is 13.4. The van der Waals surface area contributed by atoms with Gasteiger partial charge in [0.15, 0.2) is 0 Å². The quantitative estimate of drug-likeness (QED) is 0.508. The number of nitrogens with zero attached hydrogens (tertiary/aromatic N) is 1. The lowest BCUT2D eigenvalue weighted by atomic mass is 9.96. The Bertz CT molecular complexity index is 1100. The molecule has 2 unspecified atom stereocenters. The summed E-state index contributed by atoms with van der Waals surface area (Å²) in [6.07, 6.45) is 6.52. The number of hydrogen-bond acceptors (Lipinski definition) is 4. The minimum absolute atomic E-state index is 0.0242. The van der Waals surface area contributed by atoms with E-state index in [1.165, 1.54) is 18.4 Å². The summed E-state index contributed by atoms with van der Waals surface area (Å²) in [4.78, 5) is 17.2. The van der Waals surface area contributed by atoms with Gasteiger partial charge < -0.3 is 10.1 Å². The number of nitrogens with one attached hydrogen (secondary N) is 1. The van der Waals surface area contributed by atoms with Gasteiger partial charge in [-0.2, -0.15) is 0 Å². The first-order chi connectivity index (χ1) is 15.7. The average molecular weight is 447 g/mol. The molecule has 2 atom stereocenters. The van der Waals surface area contributed by atoms with Gasteiger partial charge >= 0.3 is 0 Å². The van der Waals surface area contributed by atoms with Crippen LogP contribution in [0.4, 0.5) is 0 Å². The second-order valence-electron chi connectivity index (χ2n) is 8.89. The molecule has 0 aromatic heterocycles. The summed E-state index contributed by atoms with van der Waals surface area (Å²) < 4.78 is 5.73. The molecule has 2 saturated heterocycles. The summed E-state index contributed by atoms with van der Waals surface area (Å²) in [6.45, 7) is 1.01. The van der Waals surface area contributed by atoms with Crippen LogP contribution >= 0.6 is 11.8 Å². The van der Waals surface area contributed by atoms with Crippen LogP contribution in [0.1, 0.15) is 41.6 Å². The van der Waals surface area contributed by atoms with Gasteiger partial charge in [-0.3, -0.25) is 9.69 Å². The number of benzene rings is 3. The number of methoxy groups -OCH3 is 1. The topological polar surface area (TPSA) is 41.6 Å². The lowest BCUT2D eigenvalue weighted by Gasteiger charge is -2.39. The lowest BCUT2D eigenvalue weighted by molar-refractivity contribution is 0.0825. The van der Waals surface area contributed by atoms with Crippen LogP contribution in [0.5, 0.6) is 5.75 Å². The van der Waals surface area contributed by atoms with E-state index < -0.39 is 0 Å². The van der Waals surface area contributed by atoms with E-state index >= 15 is 0 Å². The molecule has 2 fully saturated rings. The molecule has 32 heavy (non-hydrogen) atoms. The fraction of sp³-hybridized carbons (Fsp3) is 0.370. The molecule has 0 radical (unpaired) electrons. The number of fused-ring (bicyclic) bond motifs is 3. The van der Waals surface area contributed by atoms with Gasteiger partial charge in [0.05, 0.1) is 12.7 Å². The van der Waals surface area contributed by atoms with E-state index in [0.717, 1.165) is 35.1 Å². The second kappa shape index (κ2) is 9.16. The molecular formula is C27H30N2O2S. The van der Waals surface area contributed by atoms with Crippen molar-refractivity contribution in [2.45, 2.75) is 55.2 Å². The van der Waals surface area contributed by atoms with Crippen LogP contribution in [0.3, 0.4) is 0 Å². The van der Waals surface area contributed by atoms with E-state index in [1.807, 2.05) is 24.3 Å². The molecule has 2 aliphatic heterocycles. The first-order valence-electron chi connectivity index (χ1n) is 11.4. The van der Waals surface area contributed by atoms with E-state index in [2.05, 4.69) is 52.9 Å². The third-order valence-corrected chi connectivity index (χ3v) is 7.83. The highest BCUT2D eigenvalue weighted by Crippen LogP contribution is 2.39. The molecule has 3 aromatic carbocycles. The van der Waals surface area contributed by atoms with Gasteiger partial charge in [-0.1, -0.05) is 54.6 Å². The highest BCUT2D eigenvalue weighted by molar-refractivity contribution is 7.98. The Labute approximate surface area is 194 Å². The number of hydrogen-bond donors (Lipinski definition) is 1. The monoisotopic (exact) mass is 446 g/mol. The molecular weight excluding hydrogens is 416 g/mol. The molecule has 2 bridgehead atoms. The van der Waals surface area contributed by atoms with Gasteiger partial charge in [-0.15, -0.1) is 11.8 Å². The average Bonchev–Trinajstić information content (AvgIpc) is 3.05. The third kappa shape index (κ3) is 4.00. The summed E-state index contributed by atoms with van der Waals surface area (Å²) in [5, 5.41) is 5.47. The Morgan fingerprint density at radius 3 is 2.34 bits per heavy atom. The first-order valence-corrected chi connectivity index (χ1v) is 12.6. The van der Waals surface area contributed by atoms with Crippen LogP contribution in [-0.4, -0.2) is 42.3 Å². The normalized spacial score (nSPS) is 22.8. The van der Waals surface area contributed by atoms with Crippen LogP contribution in [0.2, 0.25) is 0 Å². The van der Waals surface area contributed by atoms with Crippen molar-refractivity contribution >= 4 is 28.4 Å². The molecule has 1 N–H and O–H groups in total. The fourth-order valence-electron chi connectivity index (χ4n) is 5.58. The molecule has 3 aromatic rings. The minimum atomic E-state index is -0.0242. The fourth-order valence-corrected chi connectivity index (χ4v) is 6.21. The van der Waals surface area contributed by atoms with Gasteiger partial charge in [0.25, 0.3) is 5.91 Å². The van der Waals surface area contributed by atoms with Crippen molar-refractivity contribution in [1.29, 1.82) is 0 Å². The number of thioether (sulfide) groups is 1. The molecule has 2 aliphatic rings. The lowest BCUT2D eigenvalue weighted by Crippen LogP contribution is -2.50. The number of ether oxygens (including phenoxy) is 1. The van der Waals surface area contributed by atoms with Gasteiger partial charge in [0.1, 0.15) is 5.75 Å². The number of amides is 1. The molecule has 1 amide bonds. The highest BCUT2D eigenvalue weighted by atomic mass is 32.2. The van der Waals surface area contributed by atoms with Crippen LogP contribution in [-0.2, 0) is 6.54 Å². The van der Waals surface area contributed by atoms with Gasteiger partial charge in [-0.25, -0.2) is 0 Å². The standard InChI is InChI=1S/C27H30N2O2S/c1-31-26-23-11-7-6-10-22(23)25(32-2)16-24(26)27(30)28-19-14-20-12-13-21(15-19)29(20)17-18-8-4-3-5-9-18/h3-11,16,19-21H,12-15,17H2,1-2H3,(H,28,30). The Morgan fingerprint density at radius 1 is 1.03 bits per heavy atom. The summed E-state index contributed by atoms with van der Waals surface area (Å²) >= 11 is 1.66. The Kier molecular flexibility index (Phi) is 6.11. The SMILES string of the molecule is COc1c(C(=O)NC2CC3CCC(C2)N3Cc2ccccc2)cc(SC)c2ccccc12. The number of carbonyl (C=O) groups is 1. The zero-order valence-corrected chi connectivity index (χ0v) is 19.5. The third-order valence-electron chi connectivity index (χ3n) is 7.05. The van der Waals surface area contributed by atoms with Crippen molar-refractivity contribution in [2.24, 2.45) is 0 Å². The summed E-state index contributed by atoms with van der Waals surface area (Å²) in [6, 6.07) is 22.2. The Balaban J connectivity index is 1.34. The van der Waals surface area contributed by atoms with E-state index in [-0.39, 0.29) is 11.9 Å². The molecule has 2 heterocycles. The van der Waals surface area contributed by atoms with Crippen molar-refractivity contribution in [2.75, 3.05) is 13.4 Å². The molecule has 0 saturated carbocycles. The van der Waals surface area contributed by atoms with E-state index in [9.17, 15) is 4.79 Å². The highest BCUT2D eigenvalue weighted by Gasteiger charge is 2.41. The Hall–Kier alpha value is -2.50. The summed E-state index contributed by atoms with van der Waals surface area (Å²) in [7, 11) is 1.65. The molecule has 0 aliphatic carbocycles. The zero-order chi connectivity index (χ0) is 22.1. The van der Waals surface area contributed by atoms with E-state index in [0.29, 0.717) is 23.4 Å². The van der Waals surface area contributed by atoms with Gasteiger partial charge in [0, 0.05) is 35.0 Å². The molecule has 5 heteroatoms. The van der Waals surface area contributed by atoms with Crippen molar-refractivity contribution in [3.8, 4) is 5.75 Å². The predicted octanol–water partition coefficient (Wildman–Crippen LogP) is 5.50. The number of piperidine rings is 1. The van der Waals surface area contributed by atoms with Gasteiger partial charge in [0.2, 0.25) is 0 Å². The van der Waals surface area contributed by atoms with Crippen LogP contribution in [0, 0.1) is 0 Å². The summed E-state index contributed by atoms with van der Waals surface area (Å²) in [5.41, 5.74) is 2.01. The van der Waals surface area contributed by atoms with Crippen LogP contribution in [0.25, 0.3) is 10.8 Å². The van der Waals surface area contributed by atoms with Crippen molar-refractivity contribution in [3.63, 3.8) is 0 Å².